The number of rotatable bonds is 2. The lowest BCUT2D eigenvalue weighted by molar-refractivity contribution is 0.392. The summed E-state index contributed by atoms with van der Waals surface area (Å²) in [5.41, 5.74) is 6.45. The summed E-state index contributed by atoms with van der Waals surface area (Å²) in [5, 5.41) is 25.4. The second-order valence-electron chi connectivity index (χ2n) is 16.5. The van der Waals surface area contributed by atoms with Gasteiger partial charge < -0.3 is 39.5 Å². The van der Waals surface area contributed by atoms with Gasteiger partial charge in [0.05, 0.1) is 22.9 Å². The maximum absolute atomic E-state index is 14.1. The first kappa shape index (κ1) is 37.3. The Hall–Kier alpha value is -6.31. The number of aromatic amines is 3. The minimum absolute atomic E-state index is 0.147. The summed E-state index contributed by atoms with van der Waals surface area (Å²) in [4.78, 5) is 11.6. The molecule has 3 aromatic heterocycles. The predicted octanol–water partition coefficient (Wildman–Crippen LogP) is 10.1. The second-order valence-corrected chi connectivity index (χ2v) is 18.4. The Morgan fingerprint density at radius 1 is 0.534 bits per heavy atom. The lowest BCUT2D eigenvalue weighted by Gasteiger charge is -2.37. The molecule has 5 heterocycles. The molecule has 7 aromatic rings. The lowest BCUT2D eigenvalue weighted by Crippen LogP contribution is -2.42. The van der Waals surface area contributed by atoms with Crippen molar-refractivity contribution in [3.05, 3.63) is 202 Å². The van der Waals surface area contributed by atoms with Gasteiger partial charge in [-0.1, -0.05) is 55.1 Å². The number of allylic oxidation sites excluding steroid dienone is 1. The molecule has 4 aromatic carbocycles. The van der Waals surface area contributed by atoms with Crippen LogP contribution in [-0.2, 0) is 26.2 Å². The summed E-state index contributed by atoms with van der Waals surface area (Å²) in [6, 6.07) is 42.7. The van der Waals surface area contributed by atoms with Gasteiger partial charge in [0.1, 0.15) is 23.0 Å². The molecule has 0 fully saturated rings. The number of phenolic OH excluding ortho intramolecular Hbond substituents is 2. The van der Waals surface area contributed by atoms with Crippen molar-refractivity contribution in [2.24, 2.45) is 0 Å². The van der Waals surface area contributed by atoms with Crippen molar-refractivity contribution in [1.82, 2.24) is 20.3 Å². The summed E-state index contributed by atoms with van der Waals surface area (Å²) < 4.78 is 26.4. The Labute approximate surface area is 338 Å². The molecular weight excluding hydrogens is 744 g/mol. The fraction of sp³-hybridized carbons (Fsp3) is 0.208. The molecule has 0 aliphatic carbocycles. The molecule has 12 bridgehead atoms. The fourth-order valence-corrected chi connectivity index (χ4v) is 10.0. The van der Waals surface area contributed by atoms with E-state index in [-0.39, 0.29) is 11.5 Å². The Kier molecular flexibility index (Phi) is 8.43. The topological polar surface area (TPSA) is 135 Å². The molecule has 9 nitrogen and oxygen atoms in total. The second kappa shape index (κ2) is 13.1. The van der Waals surface area contributed by atoms with Gasteiger partial charge in [0.15, 0.2) is 0 Å². The van der Waals surface area contributed by atoms with Crippen molar-refractivity contribution in [3.8, 4) is 23.0 Å². The van der Waals surface area contributed by atoms with Crippen molar-refractivity contribution in [2.75, 3.05) is 13.2 Å². The Bertz CT molecular complexity index is 2780. The van der Waals surface area contributed by atoms with Crippen LogP contribution in [-0.4, -0.2) is 38.4 Å². The van der Waals surface area contributed by atoms with Gasteiger partial charge in [-0.05, 0) is 135 Å². The molecule has 294 valence electrons. The van der Waals surface area contributed by atoms with Crippen LogP contribution < -0.4 is 14.4 Å². The SMILES string of the molecule is C=C1NCC2(C)c3cccc(c3)OP(C)(=O)Oc3cccc(c3)C(C)(c3ccc2[nH]3)c2ccc([nH]2)C(C)(c2cccc(O)c2)c2ccc([nH]2)C1(C)c1cccc(O)c1. The van der Waals surface area contributed by atoms with Gasteiger partial charge in [-0.2, -0.15) is 0 Å². The van der Waals surface area contributed by atoms with E-state index in [1.807, 2.05) is 48.5 Å². The molecule has 0 spiro atoms. The summed E-state index contributed by atoms with van der Waals surface area (Å²) >= 11 is 0. The fourth-order valence-electron chi connectivity index (χ4n) is 8.98. The number of aromatic nitrogens is 3. The van der Waals surface area contributed by atoms with Crippen LogP contribution in [0.2, 0.25) is 0 Å². The first-order valence-corrected chi connectivity index (χ1v) is 21.4. The number of hydrogen-bond acceptors (Lipinski definition) is 6. The standard InChI is InChI=1S/C48H47N4O5P/c1-30-46(3,32-12-7-15-35(53)25-32)40-21-22-42(51-40)47(4,33-13-8-16-36(54)26-33)43-23-24-44(52-43)48(5)34-14-10-18-38(28-34)57-58(6,55)56-37-17-9-11-31(27-37)45(2,29-49-30)39-19-20-41(48)50-39/h7-28,49-54H,1,29H2,2-6H3. The van der Waals surface area contributed by atoms with E-state index in [2.05, 4.69) is 96.5 Å². The lowest BCUT2D eigenvalue weighted by atomic mass is 9.75. The zero-order chi connectivity index (χ0) is 40.7. The van der Waals surface area contributed by atoms with Crippen LogP contribution >= 0.6 is 7.60 Å². The number of fused-ring (bicyclic) bond motifs is 11. The van der Waals surface area contributed by atoms with E-state index in [9.17, 15) is 14.8 Å². The molecule has 5 unspecified atom stereocenters. The van der Waals surface area contributed by atoms with E-state index < -0.39 is 29.3 Å². The Balaban J connectivity index is 1.36. The quantitative estimate of drug-likeness (QED) is 0.0966. The van der Waals surface area contributed by atoms with Crippen molar-refractivity contribution >= 4 is 7.60 Å². The molecule has 9 rings (SSSR count). The van der Waals surface area contributed by atoms with Gasteiger partial charge >= 0.3 is 7.60 Å². The van der Waals surface area contributed by atoms with E-state index >= 15 is 0 Å². The summed E-state index contributed by atoms with van der Waals surface area (Å²) in [5.74, 6) is 1.16. The van der Waals surface area contributed by atoms with Gasteiger partial charge in [-0.15, -0.1) is 0 Å². The third-order valence-electron chi connectivity index (χ3n) is 12.9. The number of benzene rings is 4. The molecule has 0 amide bonds. The van der Waals surface area contributed by atoms with Gasteiger partial charge in [0.25, 0.3) is 0 Å². The Morgan fingerprint density at radius 2 is 0.914 bits per heavy atom. The van der Waals surface area contributed by atoms with Crippen molar-refractivity contribution in [3.63, 3.8) is 0 Å². The van der Waals surface area contributed by atoms with Crippen LogP contribution in [0, 0.1) is 0 Å². The molecule has 0 radical (unpaired) electrons. The third kappa shape index (κ3) is 5.79. The normalized spacial score (nSPS) is 26.6. The summed E-state index contributed by atoms with van der Waals surface area (Å²) in [6.07, 6.45) is 0. The van der Waals surface area contributed by atoms with Crippen molar-refractivity contribution < 1.29 is 23.8 Å². The van der Waals surface area contributed by atoms with Gasteiger partial charge in [-0.25, -0.2) is 4.57 Å². The highest BCUT2D eigenvalue weighted by atomic mass is 31.2. The van der Waals surface area contributed by atoms with Crippen LogP contribution in [0.4, 0.5) is 0 Å². The monoisotopic (exact) mass is 790 g/mol. The van der Waals surface area contributed by atoms with Crippen molar-refractivity contribution in [2.45, 2.75) is 49.4 Å². The summed E-state index contributed by atoms with van der Waals surface area (Å²) in [7, 11) is -3.65. The highest BCUT2D eigenvalue weighted by molar-refractivity contribution is 7.53. The highest BCUT2D eigenvalue weighted by Gasteiger charge is 2.43. The molecule has 5 atom stereocenters. The van der Waals surface area contributed by atoms with E-state index in [1.165, 1.54) is 6.66 Å². The predicted molar refractivity (Wildman–Crippen MR) is 227 cm³/mol. The molecule has 0 saturated heterocycles. The first-order chi connectivity index (χ1) is 27.6. The minimum atomic E-state index is -3.65. The zero-order valence-electron chi connectivity index (χ0n) is 33.2. The molecule has 10 heteroatoms. The number of hydrogen-bond donors (Lipinski definition) is 6. The number of aromatic hydroxyl groups is 2. The van der Waals surface area contributed by atoms with Crippen molar-refractivity contribution in [1.29, 1.82) is 0 Å². The van der Waals surface area contributed by atoms with Gasteiger partial charge in [0, 0.05) is 51.8 Å². The third-order valence-corrected chi connectivity index (χ3v) is 14.0. The minimum Gasteiger partial charge on any atom is -0.508 e. The zero-order valence-corrected chi connectivity index (χ0v) is 34.1. The maximum atomic E-state index is 14.1. The number of nitrogens with one attached hydrogen (secondary N) is 4. The average molecular weight is 791 g/mol. The molecule has 0 saturated carbocycles. The molecule has 2 aliphatic heterocycles. The van der Waals surface area contributed by atoms with E-state index in [4.69, 9.17) is 15.6 Å². The van der Waals surface area contributed by atoms with Crippen LogP contribution in [0.25, 0.3) is 0 Å². The van der Waals surface area contributed by atoms with Crippen LogP contribution in [0.3, 0.4) is 0 Å². The molecular formula is C48H47N4O5P. The van der Waals surface area contributed by atoms with Crippen LogP contribution in [0.15, 0.2) is 146 Å². The van der Waals surface area contributed by atoms with E-state index in [0.717, 1.165) is 56.4 Å². The molecule has 2 aliphatic rings. The highest BCUT2D eigenvalue weighted by Crippen LogP contribution is 2.50. The van der Waals surface area contributed by atoms with E-state index in [0.29, 0.717) is 23.7 Å². The molecule has 58 heavy (non-hydrogen) atoms. The van der Waals surface area contributed by atoms with Gasteiger partial charge in [-0.3, -0.25) is 0 Å². The largest absolute Gasteiger partial charge is 0.508 e. The van der Waals surface area contributed by atoms with Gasteiger partial charge in [0.2, 0.25) is 0 Å². The van der Waals surface area contributed by atoms with E-state index in [1.54, 1.807) is 36.4 Å². The summed E-state index contributed by atoms with van der Waals surface area (Å²) in [6.45, 7) is 15.2. The number of H-pyrrole nitrogens is 3. The molecule has 6 N–H and O–H groups in total. The van der Waals surface area contributed by atoms with Crippen LogP contribution in [0.1, 0.15) is 84.1 Å². The average Bonchev–Trinajstić information content (AvgIpc) is 4.01. The maximum Gasteiger partial charge on any atom is 0.427 e. The number of phenols is 2. The smallest absolute Gasteiger partial charge is 0.427 e. The van der Waals surface area contributed by atoms with Crippen LogP contribution in [0.5, 0.6) is 23.0 Å². The first-order valence-electron chi connectivity index (χ1n) is 19.4. The Morgan fingerprint density at radius 3 is 1.41 bits per heavy atom.